The lowest BCUT2D eigenvalue weighted by Gasteiger charge is -2.28. The van der Waals surface area contributed by atoms with Gasteiger partial charge in [-0.3, -0.25) is 4.99 Å². The molecule has 0 amide bonds. The van der Waals surface area contributed by atoms with Crippen molar-refractivity contribution in [2.45, 2.75) is 19.9 Å². The zero-order valence-corrected chi connectivity index (χ0v) is 12.1. The summed E-state index contributed by atoms with van der Waals surface area (Å²) in [5.41, 5.74) is 6.53. The number of aliphatic imine (C=N–C) groups is 1. The van der Waals surface area contributed by atoms with E-state index in [2.05, 4.69) is 34.8 Å². The van der Waals surface area contributed by atoms with E-state index >= 15 is 0 Å². The van der Waals surface area contributed by atoms with E-state index in [0.29, 0.717) is 24.0 Å². The summed E-state index contributed by atoms with van der Waals surface area (Å²) in [7, 11) is 0. The summed E-state index contributed by atoms with van der Waals surface area (Å²) < 4.78 is 14.7. The third kappa shape index (κ3) is 2.66. The monoisotopic (exact) mass is 313 g/mol. The maximum atomic E-state index is 14.0. The fraction of sp³-hybridized carbons (Fsp3) is 0.462. The van der Waals surface area contributed by atoms with Crippen LogP contribution in [-0.4, -0.2) is 23.9 Å². The van der Waals surface area contributed by atoms with Crippen molar-refractivity contribution in [3.05, 3.63) is 34.1 Å². The fourth-order valence-corrected chi connectivity index (χ4v) is 2.51. The Hall–Kier alpha value is -1.10. The third-order valence-electron chi connectivity index (χ3n) is 2.98. The molecule has 0 bridgehead atoms. The molecule has 0 radical (unpaired) electrons. The molecular weight excluding hydrogens is 297 g/mol. The van der Waals surface area contributed by atoms with Crippen LogP contribution < -0.4 is 5.73 Å². The molecule has 0 saturated carbocycles. The molecule has 0 aliphatic carbocycles. The minimum absolute atomic E-state index is 0.0829. The predicted molar refractivity (Wildman–Crippen MR) is 74.9 cm³/mol. The Balaban J connectivity index is 2.27. The summed E-state index contributed by atoms with van der Waals surface area (Å²) in [5.74, 6) is 0.752. The Kier molecular flexibility index (Phi) is 3.90. The second kappa shape index (κ2) is 5.26. The van der Waals surface area contributed by atoms with Crippen LogP contribution >= 0.6 is 15.9 Å². The van der Waals surface area contributed by atoms with Gasteiger partial charge in [-0.05, 0) is 18.1 Å². The van der Waals surface area contributed by atoms with E-state index in [-0.39, 0.29) is 11.9 Å². The highest BCUT2D eigenvalue weighted by Gasteiger charge is 2.29. The van der Waals surface area contributed by atoms with Crippen molar-refractivity contribution in [1.29, 1.82) is 0 Å². The summed E-state index contributed by atoms with van der Waals surface area (Å²) in [4.78, 5) is 6.22. The molecule has 2 N–H and O–H groups in total. The highest BCUT2D eigenvalue weighted by molar-refractivity contribution is 9.10. The van der Waals surface area contributed by atoms with Gasteiger partial charge in [0.25, 0.3) is 0 Å². The molecular formula is C13H17BrFN3. The Morgan fingerprint density at radius 2 is 2.28 bits per heavy atom. The van der Waals surface area contributed by atoms with Crippen LogP contribution in [0.5, 0.6) is 0 Å². The van der Waals surface area contributed by atoms with Crippen molar-refractivity contribution >= 4 is 21.9 Å². The molecule has 0 spiro atoms. The van der Waals surface area contributed by atoms with E-state index in [4.69, 9.17) is 5.73 Å². The largest absolute Gasteiger partial charge is 0.370 e. The minimum Gasteiger partial charge on any atom is -0.370 e. The van der Waals surface area contributed by atoms with Crippen LogP contribution in [-0.2, 0) is 0 Å². The first-order valence-electron chi connectivity index (χ1n) is 6.00. The van der Waals surface area contributed by atoms with Crippen molar-refractivity contribution in [2.75, 3.05) is 13.1 Å². The lowest BCUT2D eigenvalue weighted by Crippen LogP contribution is -2.38. The summed E-state index contributed by atoms with van der Waals surface area (Å²) in [6.07, 6.45) is 0. The molecule has 1 aromatic rings. The normalized spacial score (nSPS) is 19.5. The van der Waals surface area contributed by atoms with Crippen LogP contribution in [0.15, 0.2) is 27.7 Å². The number of nitrogens with zero attached hydrogens (tertiary/aromatic N) is 2. The molecule has 0 fully saturated rings. The molecule has 1 aromatic carbocycles. The van der Waals surface area contributed by atoms with Gasteiger partial charge in [-0.1, -0.05) is 35.8 Å². The number of nitrogens with two attached hydrogens (primary N) is 1. The van der Waals surface area contributed by atoms with Gasteiger partial charge in [0.2, 0.25) is 0 Å². The number of hydrogen-bond acceptors (Lipinski definition) is 3. The smallest absolute Gasteiger partial charge is 0.191 e. The van der Waals surface area contributed by atoms with Crippen LogP contribution in [0.2, 0.25) is 0 Å². The number of halogens is 2. The molecule has 0 aromatic heterocycles. The fourth-order valence-electron chi connectivity index (χ4n) is 2.18. The lowest BCUT2D eigenvalue weighted by atomic mass is 10.0. The van der Waals surface area contributed by atoms with Crippen LogP contribution in [0, 0.1) is 11.7 Å². The van der Waals surface area contributed by atoms with Gasteiger partial charge in [0, 0.05) is 16.6 Å². The zero-order valence-electron chi connectivity index (χ0n) is 10.5. The first-order chi connectivity index (χ1) is 8.49. The number of guanidine groups is 1. The van der Waals surface area contributed by atoms with Gasteiger partial charge >= 0.3 is 0 Å². The molecule has 98 valence electrons. The Bertz CT molecular complexity index is 473. The molecule has 0 saturated heterocycles. The second-order valence-electron chi connectivity index (χ2n) is 4.93. The van der Waals surface area contributed by atoms with Crippen molar-refractivity contribution < 1.29 is 4.39 Å². The molecule has 1 atom stereocenters. The average Bonchev–Trinajstić information content (AvgIpc) is 2.60. The molecule has 3 nitrogen and oxygen atoms in total. The summed E-state index contributed by atoms with van der Waals surface area (Å²) >= 11 is 3.27. The van der Waals surface area contributed by atoms with Crippen molar-refractivity contribution in [3.63, 3.8) is 0 Å². The molecule has 18 heavy (non-hydrogen) atoms. The quantitative estimate of drug-likeness (QED) is 0.932. The van der Waals surface area contributed by atoms with E-state index in [1.165, 1.54) is 6.07 Å². The zero-order chi connectivity index (χ0) is 13.3. The van der Waals surface area contributed by atoms with E-state index in [1.807, 2.05) is 11.0 Å². The Morgan fingerprint density at radius 1 is 1.56 bits per heavy atom. The predicted octanol–water partition coefficient (Wildman–Crippen LogP) is 2.92. The first-order valence-corrected chi connectivity index (χ1v) is 6.80. The van der Waals surface area contributed by atoms with Crippen molar-refractivity contribution in [2.24, 2.45) is 16.6 Å². The molecule has 1 aliphatic heterocycles. The van der Waals surface area contributed by atoms with Crippen LogP contribution in [0.1, 0.15) is 25.5 Å². The highest BCUT2D eigenvalue weighted by Crippen LogP contribution is 2.29. The van der Waals surface area contributed by atoms with Crippen LogP contribution in [0.4, 0.5) is 4.39 Å². The van der Waals surface area contributed by atoms with E-state index in [1.54, 1.807) is 6.07 Å². The van der Waals surface area contributed by atoms with Gasteiger partial charge in [0.1, 0.15) is 5.82 Å². The molecule has 2 rings (SSSR count). The number of hydrogen-bond donors (Lipinski definition) is 1. The summed E-state index contributed by atoms with van der Waals surface area (Å²) in [6.45, 7) is 5.54. The van der Waals surface area contributed by atoms with Gasteiger partial charge in [-0.25, -0.2) is 4.39 Å². The summed E-state index contributed by atoms with van der Waals surface area (Å²) in [5, 5.41) is 0. The molecule has 1 heterocycles. The maximum Gasteiger partial charge on any atom is 0.191 e. The second-order valence-corrected chi connectivity index (χ2v) is 5.84. The first kappa shape index (κ1) is 13.3. The van der Waals surface area contributed by atoms with Gasteiger partial charge in [0.15, 0.2) is 5.96 Å². The topological polar surface area (TPSA) is 41.6 Å². The van der Waals surface area contributed by atoms with E-state index in [0.717, 1.165) is 11.0 Å². The number of benzene rings is 1. The Morgan fingerprint density at radius 3 is 2.89 bits per heavy atom. The Labute approximate surface area is 115 Å². The lowest BCUT2D eigenvalue weighted by molar-refractivity contribution is 0.303. The molecule has 5 heteroatoms. The average molecular weight is 314 g/mol. The van der Waals surface area contributed by atoms with Gasteiger partial charge in [-0.15, -0.1) is 0 Å². The number of rotatable bonds is 3. The van der Waals surface area contributed by atoms with Gasteiger partial charge in [0.05, 0.1) is 12.6 Å². The van der Waals surface area contributed by atoms with E-state index < -0.39 is 0 Å². The van der Waals surface area contributed by atoms with Crippen molar-refractivity contribution in [3.8, 4) is 0 Å². The molecule has 1 aliphatic rings. The van der Waals surface area contributed by atoms with Crippen molar-refractivity contribution in [1.82, 2.24) is 4.90 Å². The molecule has 1 unspecified atom stereocenters. The van der Waals surface area contributed by atoms with E-state index in [9.17, 15) is 4.39 Å². The maximum absolute atomic E-state index is 14.0. The van der Waals surface area contributed by atoms with Crippen LogP contribution in [0.3, 0.4) is 0 Å². The minimum atomic E-state index is -0.215. The SMILES string of the molecule is CC(C)CN1C(N)=NCC1c1ccc(Br)cc1F. The summed E-state index contributed by atoms with van der Waals surface area (Å²) in [6, 6.07) is 5.05. The van der Waals surface area contributed by atoms with Gasteiger partial charge in [-0.2, -0.15) is 0 Å². The van der Waals surface area contributed by atoms with Gasteiger partial charge < -0.3 is 10.6 Å². The third-order valence-corrected chi connectivity index (χ3v) is 3.47. The standard InChI is InChI=1S/C13H17BrFN3/c1-8(2)7-18-12(6-17-13(18)16)10-4-3-9(14)5-11(10)15/h3-5,8,12H,6-7H2,1-2H3,(H2,16,17). The highest BCUT2D eigenvalue weighted by atomic mass is 79.9. The van der Waals surface area contributed by atoms with Crippen LogP contribution in [0.25, 0.3) is 0 Å².